The highest BCUT2D eigenvalue weighted by atomic mass is 35.5. The van der Waals surface area contributed by atoms with Gasteiger partial charge in [0.05, 0.1) is 18.1 Å². The Hall–Kier alpha value is -0.960. The predicted octanol–water partition coefficient (Wildman–Crippen LogP) is 3.06. The second-order valence-electron chi connectivity index (χ2n) is 5.98. The molecule has 1 atom stereocenters. The number of nitrogens with zero attached hydrogens (tertiary/aromatic N) is 1. The molecule has 1 aliphatic rings. The van der Waals surface area contributed by atoms with Gasteiger partial charge in [-0.15, -0.1) is 0 Å². The Bertz CT molecular complexity index is 803. The van der Waals surface area contributed by atoms with Crippen molar-refractivity contribution in [2.75, 3.05) is 32.8 Å². The molecule has 8 heteroatoms. The lowest BCUT2D eigenvalue weighted by Crippen LogP contribution is -2.43. The molecule has 1 unspecified atom stereocenters. The van der Waals surface area contributed by atoms with Crippen molar-refractivity contribution in [3.05, 3.63) is 51.2 Å². The first-order valence-corrected chi connectivity index (χ1v) is 10.9. The van der Waals surface area contributed by atoms with Crippen molar-refractivity contribution >= 4 is 33.0 Å². The van der Waals surface area contributed by atoms with Gasteiger partial charge in [-0.05, 0) is 47.0 Å². The Morgan fingerprint density at radius 2 is 2.08 bits per heavy atom. The predicted molar refractivity (Wildman–Crippen MR) is 101 cm³/mol. The normalized spacial score (nSPS) is 17.5. The van der Waals surface area contributed by atoms with Gasteiger partial charge in [-0.1, -0.05) is 17.7 Å². The summed E-state index contributed by atoms with van der Waals surface area (Å²) in [4.78, 5) is 2.45. The van der Waals surface area contributed by atoms with Gasteiger partial charge in [0.1, 0.15) is 0 Å². The topological polar surface area (TPSA) is 58.6 Å². The highest BCUT2D eigenvalue weighted by Crippen LogP contribution is 2.25. The number of rotatable bonds is 6. The van der Waals surface area contributed by atoms with Crippen LogP contribution in [0.4, 0.5) is 0 Å². The van der Waals surface area contributed by atoms with E-state index in [-0.39, 0.29) is 10.9 Å². The number of benzene rings is 1. The molecule has 5 nitrogen and oxygen atoms in total. The summed E-state index contributed by atoms with van der Waals surface area (Å²) in [5.74, 6) is 0. The lowest BCUT2D eigenvalue weighted by molar-refractivity contribution is 0.0173. The van der Waals surface area contributed by atoms with Crippen molar-refractivity contribution in [2.45, 2.75) is 17.9 Å². The fourth-order valence-electron chi connectivity index (χ4n) is 2.82. The van der Waals surface area contributed by atoms with Crippen LogP contribution in [0.1, 0.15) is 17.2 Å². The van der Waals surface area contributed by atoms with Gasteiger partial charge in [0.15, 0.2) is 0 Å². The van der Waals surface area contributed by atoms with Gasteiger partial charge in [-0.25, -0.2) is 13.1 Å². The van der Waals surface area contributed by atoms with E-state index in [0.717, 1.165) is 24.2 Å². The smallest absolute Gasteiger partial charge is 0.240 e. The van der Waals surface area contributed by atoms with Crippen molar-refractivity contribution in [1.29, 1.82) is 0 Å². The van der Waals surface area contributed by atoms with Crippen LogP contribution < -0.4 is 4.72 Å². The number of morpholine rings is 1. The molecular weight excluding hydrogens is 380 g/mol. The summed E-state index contributed by atoms with van der Waals surface area (Å²) in [6.07, 6.45) is 0. The second kappa shape index (κ2) is 8.16. The van der Waals surface area contributed by atoms with Crippen LogP contribution >= 0.6 is 22.9 Å². The number of hydrogen-bond acceptors (Lipinski definition) is 5. The van der Waals surface area contributed by atoms with E-state index in [4.69, 9.17) is 16.3 Å². The maximum absolute atomic E-state index is 12.6. The molecule has 1 saturated heterocycles. The van der Waals surface area contributed by atoms with Crippen molar-refractivity contribution in [3.8, 4) is 0 Å². The van der Waals surface area contributed by atoms with Gasteiger partial charge < -0.3 is 4.74 Å². The molecule has 1 fully saturated rings. The van der Waals surface area contributed by atoms with Crippen molar-refractivity contribution < 1.29 is 13.2 Å². The lowest BCUT2D eigenvalue weighted by Gasteiger charge is -2.34. The first-order chi connectivity index (χ1) is 12.0. The number of nitrogens with one attached hydrogen (secondary N) is 1. The molecule has 0 spiro atoms. The van der Waals surface area contributed by atoms with Gasteiger partial charge in [0.2, 0.25) is 10.0 Å². The summed E-state index contributed by atoms with van der Waals surface area (Å²) >= 11 is 7.69. The average molecular weight is 401 g/mol. The van der Waals surface area contributed by atoms with Crippen molar-refractivity contribution in [2.24, 2.45) is 0 Å². The fraction of sp³-hybridized carbons (Fsp3) is 0.412. The van der Waals surface area contributed by atoms with Crippen LogP contribution in [0.3, 0.4) is 0 Å². The molecule has 2 aromatic rings. The molecule has 0 aliphatic carbocycles. The monoisotopic (exact) mass is 400 g/mol. The minimum atomic E-state index is -3.61. The summed E-state index contributed by atoms with van der Waals surface area (Å²) in [5, 5.41) is 4.53. The summed E-state index contributed by atoms with van der Waals surface area (Å²) < 4.78 is 33.4. The Morgan fingerprint density at radius 1 is 1.32 bits per heavy atom. The van der Waals surface area contributed by atoms with Crippen LogP contribution in [0, 0.1) is 6.92 Å². The molecule has 0 amide bonds. The highest BCUT2D eigenvalue weighted by molar-refractivity contribution is 7.89. The SMILES string of the molecule is Cc1ccc(S(=O)(=O)NCC(c2ccsc2)N2CCOCC2)cc1Cl. The van der Waals surface area contributed by atoms with E-state index < -0.39 is 10.0 Å². The van der Waals surface area contributed by atoms with E-state index in [1.807, 2.05) is 18.4 Å². The van der Waals surface area contributed by atoms with Crippen LogP contribution in [-0.2, 0) is 14.8 Å². The summed E-state index contributed by atoms with van der Waals surface area (Å²) in [7, 11) is -3.61. The molecule has 0 radical (unpaired) electrons. The molecule has 1 N–H and O–H groups in total. The maximum Gasteiger partial charge on any atom is 0.240 e. The molecule has 0 saturated carbocycles. The number of halogens is 1. The molecule has 0 bridgehead atoms. The zero-order chi connectivity index (χ0) is 17.9. The number of aryl methyl sites for hydroxylation is 1. The van der Waals surface area contributed by atoms with Crippen molar-refractivity contribution in [1.82, 2.24) is 9.62 Å². The molecule has 1 aromatic carbocycles. The van der Waals surface area contributed by atoms with E-state index in [1.165, 1.54) is 6.07 Å². The molecule has 2 heterocycles. The highest BCUT2D eigenvalue weighted by Gasteiger charge is 2.25. The van der Waals surface area contributed by atoms with Crippen LogP contribution in [0.25, 0.3) is 0 Å². The second-order valence-corrected chi connectivity index (χ2v) is 8.94. The van der Waals surface area contributed by atoms with Gasteiger partial charge >= 0.3 is 0 Å². The zero-order valence-electron chi connectivity index (χ0n) is 13.9. The molecule has 1 aliphatic heterocycles. The van der Waals surface area contributed by atoms with Gasteiger partial charge in [0.25, 0.3) is 0 Å². The van der Waals surface area contributed by atoms with E-state index in [0.29, 0.717) is 24.8 Å². The Labute approximate surface area is 157 Å². The van der Waals surface area contributed by atoms with E-state index in [9.17, 15) is 8.42 Å². The molecular formula is C17H21ClN2O3S2. The minimum Gasteiger partial charge on any atom is -0.379 e. The summed E-state index contributed by atoms with van der Waals surface area (Å²) in [6, 6.07) is 6.83. The fourth-order valence-corrected chi connectivity index (χ4v) is 4.84. The first-order valence-electron chi connectivity index (χ1n) is 8.07. The Balaban J connectivity index is 1.76. The molecule has 1 aromatic heterocycles. The van der Waals surface area contributed by atoms with Crippen molar-refractivity contribution in [3.63, 3.8) is 0 Å². The van der Waals surface area contributed by atoms with Gasteiger partial charge in [-0.2, -0.15) is 11.3 Å². The third-order valence-corrected chi connectivity index (χ3v) is 6.86. The summed E-state index contributed by atoms with van der Waals surface area (Å²) in [6.45, 7) is 5.07. The summed E-state index contributed by atoms with van der Waals surface area (Å²) in [5.41, 5.74) is 1.97. The Kier molecular flexibility index (Phi) is 6.14. The Morgan fingerprint density at radius 3 is 2.72 bits per heavy atom. The minimum absolute atomic E-state index is 0.00848. The maximum atomic E-state index is 12.6. The number of ether oxygens (including phenoxy) is 1. The molecule has 3 rings (SSSR count). The third-order valence-electron chi connectivity index (χ3n) is 4.33. The van der Waals surface area contributed by atoms with E-state index in [1.54, 1.807) is 23.5 Å². The molecule has 136 valence electrons. The van der Waals surface area contributed by atoms with E-state index in [2.05, 4.69) is 15.0 Å². The first kappa shape index (κ1) is 18.8. The van der Waals surface area contributed by atoms with Crippen LogP contribution in [0.2, 0.25) is 5.02 Å². The largest absolute Gasteiger partial charge is 0.379 e. The zero-order valence-corrected chi connectivity index (χ0v) is 16.3. The standard InChI is InChI=1S/C17H21ClN2O3S2/c1-13-2-3-15(10-16(13)18)25(21,22)19-11-17(14-4-9-24-12-14)20-5-7-23-8-6-20/h2-4,9-10,12,17,19H,5-8,11H2,1H3. The number of thiophene rings is 1. The average Bonchev–Trinajstić information content (AvgIpc) is 3.12. The number of hydrogen-bond donors (Lipinski definition) is 1. The van der Waals surface area contributed by atoms with Crippen LogP contribution in [0.15, 0.2) is 39.9 Å². The van der Waals surface area contributed by atoms with Gasteiger partial charge in [-0.3, -0.25) is 4.90 Å². The number of sulfonamides is 1. The lowest BCUT2D eigenvalue weighted by atomic mass is 10.1. The van der Waals surface area contributed by atoms with Gasteiger partial charge in [0, 0.05) is 30.7 Å². The third kappa shape index (κ3) is 4.61. The quantitative estimate of drug-likeness (QED) is 0.809. The molecule has 25 heavy (non-hydrogen) atoms. The van der Waals surface area contributed by atoms with Crippen LogP contribution in [-0.4, -0.2) is 46.2 Å². The van der Waals surface area contributed by atoms with Crippen LogP contribution in [0.5, 0.6) is 0 Å². The van der Waals surface area contributed by atoms with E-state index >= 15 is 0 Å².